The number of hydrogen-bond donors (Lipinski definition) is 1. The molecule has 0 aromatic heterocycles. The van der Waals surface area contributed by atoms with Crippen LogP contribution >= 0.6 is 0 Å². The second kappa shape index (κ2) is 7.61. The molecule has 0 amide bonds. The monoisotopic (exact) mass is 411 g/mol. The normalized spacial score (nSPS) is 21.0. The Morgan fingerprint density at radius 2 is 1.62 bits per heavy atom. The van der Waals surface area contributed by atoms with Gasteiger partial charge in [-0.05, 0) is 59.0 Å². The van der Waals surface area contributed by atoms with E-state index in [1.807, 2.05) is 43.3 Å². The van der Waals surface area contributed by atoms with E-state index >= 15 is 0 Å². The maximum Gasteiger partial charge on any atom is 0.241 e. The predicted molar refractivity (Wildman–Crippen MR) is 110 cm³/mol. The zero-order valence-electron chi connectivity index (χ0n) is 16.2. The lowest BCUT2D eigenvalue weighted by atomic mass is 9.86. The van der Waals surface area contributed by atoms with Crippen molar-refractivity contribution in [3.8, 4) is 5.75 Å². The Kier molecular flexibility index (Phi) is 5.15. The summed E-state index contributed by atoms with van der Waals surface area (Å²) in [6.07, 6.45) is 0. The average molecular weight is 411 g/mol. The van der Waals surface area contributed by atoms with E-state index in [0.717, 1.165) is 28.8 Å². The quantitative estimate of drug-likeness (QED) is 0.666. The summed E-state index contributed by atoms with van der Waals surface area (Å²) in [5.41, 5.74) is 3.11. The minimum absolute atomic E-state index is 0.0188. The molecule has 0 saturated carbocycles. The van der Waals surface area contributed by atoms with Crippen molar-refractivity contribution < 1.29 is 17.5 Å². The molecule has 3 aromatic rings. The Bertz CT molecular complexity index is 1110. The molecule has 1 aliphatic rings. The lowest BCUT2D eigenvalue weighted by molar-refractivity contribution is 0.411. The van der Waals surface area contributed by atoms with Gasteiger partial charge in [-0.15, -0.1) is 0 Å². The van der Waals surface area contributed by atoms with Crippen LogP contribution in [0.4, 0.5) is 4.39 Å². The third kappa shape index (κ3) is 3.66. The van der Waals surface area contributed by atoms with Crippen LogP contribution in [0.1, 0.15) is 35.6 Å². The van der Waals surface area contributed by atoms with E-state index in [0.29, 0.717) is 5.75 Å². The van der Waals surface area contributed by atoms with Crippen LogP contribution in [0.25, 0.3) is 0 Å². The van der Waals surface area contributed by atoms with E-state index in [2.05, 4.69) is 16.9 Å². The first-order valence-corrected chi connectivity index (χ1v) is 10.9. The number of hydrogen-bond acceptors (Lipinski definition) is 3. The standard InChI is InChI=1S/C23H22FNO3S/c1-15-22(16-6-4-3-5-7-16)20-13-10-18(28-2)14-21(20)23(15)25-29(26,27)19-11-8-17(24)9-12-19/h3-15,22-23,25H,1-2H3/t15-,22+,23+/m1/s1. The van der Waals surface area contributed by atoms with E-state index in [-0.39, 0.29) is 16.7 Å². The summed E-state index contributed by atoms with van der Waals surface area (Å²) in [6, 6.07) is 20.3. The Morgan fingerprint density at radius 1 is 0.931 bits per heavy atom. The largest absolute Gasteiger partial charge is 0.497 e. The molecule has 0 radical (unpaired) electrons. The fraction of sp³-hybridized carbons (Fsp3) is 0.217. The van der Waals surface area contributed by atoms with Crippen LogP contribution in [0.5, 0.6) is 5.75 Å². The molecule has 0 fully saturated rings. The summed E-state index contributed by atoms with van der Waals surface area (Å²) in [7, 11) is -2.23. The van der Waals surface area contributed by atoms with Crippen LogP contribution in [0, 0.1) is 11.7 Å². The van der Waals surface area contributed by atoms with Crippen LogP contribution in [-0.4, -0.2) is 15.5 Å². The summed E-state index contributed by atoms with van der Waals surface area (Å²) in [4.78, 5) is 0.0405. The minimum Gasteiger partial charge on any atom is -0.497 e. The molecule has 6 heteroatoms. The molecule has 0 bridgehead atoms. The third-order valence-electron chi connectivity index (χ3n) is 5.58. The fourth-order valence-electron chi connectivity index (χ4n) is 4.15. The fourth-order valence-corrected chi connectivity index (χ4v) is 5.46. The third-order valence-corrected chi connectivity index (χ3v) is 7.04. The highest BCUT2D eigenvalue weighted by Crippen LogP contribution is 2.49. The van der Waals surface area contributed by atoms with E-state index in [9.17, 15) is 12.8 Å². The number of rotatable bonds is 5. The van der Waals surface area contributed by atoms with Gasteiger partial charge >= 0.3 is 0 Å². The van der Waals surface area contributed by atoms with Gasteiger partial charge in [-0.25, -0.2) is 17.5 Å². The lowest BCUT2D eigenvalue weighted by Crippen LogP contribution is -2.31. The molecule has 150 valence electrons. The Labute approximate surface area is 170 Å². The first-order valence-electron chi connectivity index (χ1n) is 9.41. The molecule has 0 unspecified atom stereocenters. The van der Waals surface area contributed by atoms with Crippen LogP contribution in [-0.2, 0) is 10.0 Å². The highest BCUT2D eigenvalue weighted by atomic mass is 32.2. The van der Waals surface area contributed by atoms with Crippen LogP contribution < -0.4 is 9.46 Å². The Hall–Kier alpha value is -2.70. The molecule has 29 heavy (non-hydrogen) atoms. The maximum absolute atomic E-state index is 13.2. The minimum atomic E-state index is -3.82. The summed E-state index contributed by atoms with van der Waals surface area (Å²) in [6.45, 7) is 2.04. The lowest BCUT2D eigenvalue weighted by Gasteiger charge is -2.23. The van der Waals surface area contributed by atoms with Gasteiger partial charge in [0.05, 0.1) is 18.0 Å². The van der Waals surface area contributed by atoms with Crippen LogP contribution in [0.2, 0.25) is 0 Å². The number of sulfonamides is 1. The number of benzene rings is 3. The maximum atomic E-state index is 13.2. The topological polar surface area (TPSA) is 55.4 Å². The second-order valence-electron chi connectivity index (χ2n) is 7.30. The van der Waals surface area contributed by atoms with Gasteiger partial charge in [0, 0.05) is 5.92 Å². The second-order valence-corrected chi connectivity index (χ2v) is 9.01. The highest BCUT2D eigenvalue weighted by Gasteiger charge is 2.41. The SMILES string of the molecule is COc1ccc2c(c1)[C@@H](NS(=O)(=O)c1ccc(F)cc1)[C@H](C)[C@H]2c1ccccc1. The van der Waals surface area contributed by atoms with E-state index in [1.165, 1.54) is 12.1 Å². The first kappa shape index (κ1) is 19.6. The van der Waals surface area contributed by atoms with Crippen LogP contribution in [0.3, 0.4) is 0 Å². The van der Waals surface area contributed by atoms with Crippen molar-refractivity contribution in [2.24, 2.45) is 5.92 Å². The van der Waals surface area contributed by atoms with Crippen molar-refractivity contribution in [3.05, 3.63) is 95.3 Å². The number of methoxy groups -OCH3 is 1. The molecule has 4 nitrogen and oxygen atoms in total. The van der Waals surface area contributed by atoms with E-state index in [1.54, 1.807) is 7.11 Å². The molecule has 1 aliphatic carbocycles. The molecule has 0 saturated heterocycles. The molecule has 3 aromatic carbocycles. The van der Waals surface area contributed by atoms with Crippen molar-refractivity contribution in [2.45, 2.75) is 23.8 Å². The first-order chi connectivity index (χ1) is 13.9. The van der Waals surface area contributed by atoms with Crippen molar-refractivity contribution in [1.29, 1.82) is 0 Å². The highest BCUT2D eigenvalue weighted by molar-refractivity contribution is 7.89. The number of nitrogens with one attached hydrogen (secondary N) is 1. The molecular weight excluding hydrogens is 389 g/mol. The predicted octanol–water partition coefficient (Wildman–Crippen LogP) is 4.64. The zero-order valence-corrected chi connectivity index (χ0v) is 17.0. The summed E-state index contributed by atoms with van der Waals surface area (Å²) >= 11 is 0. The smallest absolute Gasteiger partial charge is 0.241 e. The average Bonchev–Trinajstić information content (AvgIpc) is 2.99. The molecule has 3 atom stereocenters. The van der Waals surface area contributed by atoms with Crippen molar-refractivity contribution in [1.82, 2.24) is 4.72 Å². The van der Waals surface area contributed by atoms with E-state index in [4.69, 9.17) is 4.74 Å². The molecule has 0 aliphatic heterocycles. The van der Waals surface area contributed by atoms with Gasteiger partial charge < -0.3 is 4.74 Å². The number of ether oxygens (including phenoxy) is 1. The van der Waals surface area contributed by atoms with Crippen molar-refractivity contribution >= 4 is 10.0 Å². The van der Waals surface area contributed by atoms with Gasteiger partial charge in [-0.1, -0.05) is 43.3 Å². The van der Waals surface area contributed by atoms with Crippen molar-refractivity contribution in [3.63, 3.8) is 0 Å². The Morgan fingerprint density at radius 3 is 2.28 bits per heavy atom. The number of halogens is 1. The van der Waals surface area contributed by atoms with Gasteiger partial charge in [-0.3, -0.25) is 0 Å². The number of fused-ring (bicyclic) bond motifs is 1. The molecule has 0 spiro atoms. The van der Waals surface area contributed by atoms with Gasteiger partial charge in [0.25, 0.3) is 0 Å². The molecule has 1 N–H and O–H groups in total. The molecular formula is C23H22FNO3S. The summed E-state index contributed by atoms with van der Waals surface area (Å²) < 4.78 is 47.4. The van der Waals surface area contributed by atoms with Gasteiger partial charge in [0.15, 0.2) is 0 Å². The molecule has 0 heterocycles. The summed E-state index contributed by atoms with van der Waals surface area (Å²) in [5.74, 6) is 0.237. The van der Waals surface area contributed by atoms with Gasteiger partial charge in [-0.2, -0.15) is 0 Å². The Balaban J connectivity index is 1.76. The van der Waals surface area contributed by atoms with Crippen LogP contribution in [0.15, 0.2) is 77.7 Å². The van der Waals surface area contributed by atoms with Crippen molar-refractivity contribution in [2.75, 3.05) is 7.11 Å². The van der Waals surface area contributed by atoms with E-state index < -0.39 is 21.9 Å². The van der Waals surface area contributed by atoms with Gasteiger partial charge in [0.2, 0.25) is 10.0 Å². The van der Waals surface area contributed by atoms with Gasteiger partial charge in [0.1, 0.15) is 11.6 Å². The summed E-state index contributed by atoms with van der Waals surface area (Å²) in [5, 5.41) is 0. The molecule has 4 rings (SSSR count). The zero-order chi connectivity index (χ0) is 20.6.